The van der Waals surface area contributed by atoms with Gasteiger partial charge < -0.3 is 24.3 Å². The molecule has 2 saturated carbocycles. The second-order valence-electron chi connectivity index (χ2n) is 23.2. The minimum atomic E-state index is -0.915. The van der Waals surface area contributed by atoms with Gasteiger partial charge in [0.15, 0.2) is 0 Å². The molecule has 3 aromatic rings. The van der Waals surface area contributed by atoms with Gasteiger partial charge in [0, 0.05) is 96.8 Å². The molecule has 8 aliphatic rings. The monoisotopic (exact) mass is 990 g/mol. The van der Waals surface area contributed by atoms with Crippen LogP contribution in [0.1, 0.15) is 121 Å². The number of likely N-dealkylation sites (N-methyl/N-ethyl adjacent to an activating group) is 1. The number of thiazole rings is 1. The number of aryl methyl sites for hydroxylation is 1. The van der Waals surface area contributed by atoms with E-state index in [9.17, 15) is 14.4 Å². The van der Waals surface area contributed by atoms with E-state index >= 15 is 4.79 Å². The normalized spacial score (nSPS) is 30.3. The van der Waals surface area contributed by atoms with Gasteiger partial charge in [0.2, 0.25) is 11.8 Å². The number of hydrogen-bond donors (Lipinski definition) is 2. The number of carbonyl (C=O) groups excluding carboxylic acids is 4. The number of aromatic nitrogens is 2. The molecule has 11 rings (SSSR count). The third-order valence-electron chi connectivity index (χ3n) is 17.6. The third kappa shape index (κ3) is 9.42. The van der Waals surface area contributed by atoms with E-state index in [-0.39, 0.29) is 66.2 Å². The molecule has 3 amide bonds. The van der Waals surface area contributed by atoms with Crippen LogP contribution in [-0.2, 0) is 48.0 Å². The number of benzene rings is 1. The van der Waals surface area contributed by atoms with Crippen LogP contribution >= 0.6 is 11.3 Å². The molecule has 2 aromatic heterocycles. The summed E-state index contributed by atoms with van der Waals surface area (Å²) in [6.45, 7) is 13.0. The standard InChI is InChI=1S/C55H75N9O6S/c1-7-63-43-19-18-36-26-38(43)39(48(63)37-14-10-22-56-45(37)33(2)69-6)28-54(3,4)32-70-53(68)40-15-11-23-64(59-40)51(66)41(27-44-57-42(36)29-71-44)58-50(65)47(34-12-8-9-13-34)61-24-20-55(30-61)21-25-62(31-55)52(67)49-46(60(49)5)35-16-17-35/h18-19,22,26,29,33-35,40-41,46-47,49,59H,7-17,20-21,23-25,27-28,30-32H2,1-6H3,(H,58,65)/t33-,40-,41-,46+,47-,49+,55-,60?/m0/s1. The van der Waals surface area contributed by atoms with Crippen LogP contribution in [0, 0.1) is 22.7 Å². The molecule has 8 heterocycles. The van der Waals surface area contributed by atoms with Crippen molar-refractivity contribution in [3.05, 3.63) is 45.5 Å². The van der Waals surface area contributed by atoms with Crippen LogP contribution in [0.3, 0.4) is 0 Å². The van der Waals surface area contributed by atoms with Gasteiger partial charge in [-0.25, -0.2) is 10.4 Å². The maximum Gasteiger partial charge on any atom is 0.324 e. The Balaban J connectivity index is 0.903. The summed E-state index contributed by atoms with van der Waals surface area (Å²) >= 11 is 1.51. The quantitative estimate of drug-likeness (QED) is 0.168. The lowest BCUT2D eigenvalue weighted by atomic mass is 9.83. The zero-order valence-corrected chi connectivity index (χ0v) is 43.7. The van der Waals surface area contributed by atoms with E-state index in [0.717, 1.165) is 123 Å². The number of nitrogens with zero attached hydrogens (tertiary/aromatic N) is 7. The van der Waals surface area contributed by atoms with Gasteiger partial charge in [0.05, 0.1) is 40.8 Å². The third-order valence-corrected chi connectivity index (χ3v) is 18.5. The molecule has 6 aliphatic heterocycles. The van der Waals surface area contributed by atoms with Crippen LogP contribution in [0.5, 0.6) is 0 Å². The number of allylic oxidation sites excluding steroid dienone is 1. The molecule has 2 aliphatic carbocycles. The van der Waals surface area contributed by atoms with Gasteiger partial charge >= 0.3 is 5.97 Å². The molecule has 15 nitrogen and oxygen atoms in total. The number of carbonyl (C=O) groups is 4. The first-order valence-corrected chi connectivity index (χ1v) is 27.8. The number of aliphatic imine (C=N–C) groups is 1. The molecule has 4 saturated heterocycles. The van der Waals surface area contributed by atoms with Crippen LogP contribution < -0.4 is 10.7 Å². The minimum Gasteiger partial charge on any atom is -0.464 e. The molecule has 0 radical (unpaired) electrons. The second kappa shape index (κ2) is 19.4. The lowest BCUT2D eigenvalue weighted by Gasteiger charge is -2.37. The fraction of sp³-hybridized carbons (Fsp3) is 0.673. The first-order chi connectivity index (χ1) is 34.2. The summed E-state index contributed by atoms with van der Waals surface area (Å²) < 4.78 is 14.5. The van der Waals surface area contributed by atoms with Crippen LogP contribution in [0.15, 0.2) is 34.3 Å². The summed E-state index contributed by atoms with van der Waals surface area (Å²) in [7, 11) is 3.83. The van der Waals surface area contributed by atoms with Gasteiger partial charge in [-0.15, -0.1) is 11.3 Å². The van der Waals surface area contributed by atoms with Crippen molar-refractivity contribution in [2.75, 3.05) is 53.5 Å². The number of amides is 3. The molecule has 71 heavy (non-hydrogen) atoms. The van der Waals surface area contributed by atoms with Crippen molar-refractivity contribution < 1.29 is 28.7 Å². The maximum absolute atomic E-state index is 15.1. The Labute approximate surface area is 423 Å². The first kappa shape index (κ1) is 48.8. The Morgan fingerprint density at radius 1 is 1.04 bits per heavy atom. The highest BCUT2D eigenvalue weighted by molar-refractivity contribution is 7.10. The topological polar surface area (TPSA) is 154 Å². The Morgan fingerprint density at radius 2 is 1.85 bits per heavy atom. The van der Waals surface area contributed by atoms with Crippen LogP contribution in [-0.4, -0.2) is 149 Å². The number of cyclic esters (lactones) is 1. The van der Waals surface area contributed by atoms with Crippen molar-refractivity contribution in [2.24, 2.45) is 27.7 Å². The number of methoxy groups -OCH3 is 1. The molecule has 6 fully saturated rings. The van der Waals surface area contributed by atoms with E-state index in [1.54, 1.807) is 12.1 Å². The van der Waals surface area contributed by atoms with Crippen LogP contribution in [0.4, 0.5) is 0 Å². The summed E-state index contributed by atoms with van der Waals surface area (Å²) in [5, 5.41) is 8.85. The van der Waals surface area contributed by atoms with E-state index < -0.39 is 17.5 Å². The lowest BCUT2D eigenvalue weighted by Crippen LogP contribution is -2.62. The predicted molar refractivity (Wildman–Crippen MR) is 275 cm³/mol. The highest BCUT2D eigenvalue weighted by Gasteiger charge is 2.59. The summed E-state index contributed by atoms with van der Waals surface area (Å²) in [4.78, 5) is 74.9. The number of fused-ring (bicyclic) bond motifs is 6. The van der Waals surface area contributed by atoms with Crippen molar-refractivity contribution in [3.8, 4) is 11.3 Å². The Morgan fingerprint density at radius 3 is 2.62 bits per heavy atom. The highest BCUT2D eigenvalue weighted by atomic mass is 32.1. The fourth-order valence-electron chi connectivity index (χ4n) is 13.6. The highest BCUT2D eigenvalue weighted by Crippen LogP contribution is 2.49. The van der Waals surface area contributed by atoms with Crippen molar-refractivity contribution in [2.45, 2.75) is 160 Å². The Hall–Kier alpha value is -4.48. The van der Waals surface area contributed by atoms with Gasteiger partial charge in [0.25, 0.3) is 5.91 Å². The van der Waals surface area contributed by atoms with Gasteiger partial charge in [-0.2, -0.15) is 0 Å². The molecule has 382 valence electrons. The molecule has 8 atom stereocenters. The average molecular weight is 990 g/mol. The molecule has 1 aromatic carbocycles. The number of likely N-dealkylation sites (tertiary alicyclic amines) is 2. The molecule has 2 N–H and O–H groups in total. The van der Waals surface area contributed by atoms with E-state index in [1.165, 1.54) is 35.3 Å². The lowest BCUT2D eigenvalue weighted by molar-refractivity contribution is -0.155. The van der Waals surface area contributed by atoms with Gasteiger partial charge in [-0.3, -0.25) is 39.0 Å². The Kier molecular flexibility index (Phi) is 13.3. The summed E-state index contributed by atoms with van der Waals surface area (Å²) in [6.07, 6.45) is 14.0. The van der Waals surface area contributed by atoms with Crippen LogP contribution in [0.2, 0.25) is 0 Å². The zero-order valence-electron chi connectivity index (χ0n) is 42.8. The molecule has 1 unspecified atom stereocenters. The Bertz CT molecular complexity index is 2630. The van der Waals surface area contributed by atoms with Crippen LogP contribution in [0.25, 0.3) is 27.7 Å². The molecular weight excluding hydrogens is 915 g/mol. The average Bonchev–Trinajstić information content (AvgIpc) is 3.83. The number of hydrazine groups is 1. The van der Waals surface area contributed by atoms with Crippen molar-refractivity contribution in [1.29, 1.82) is 0 Å². The minimum absolute atomic E-state index is 0.0292. The van der Waals surface area contributed by atoms with E-state index in [4.69, 9.17) is 19.5 Å². The van der Waals surface area contributed by atoms with E-state index in [0.29, 0.717) is 37.8 Å². The summed E-state index contributed by atoms with van der Waals surface area (Å²) in [5.74, 6) is 0.370. The largest absolute Gasteiger partial charge is 0.464 e. The smallest absolute Gasteiger partial charge is 0.324 e. The van der Waals surface area contributed by atoms with E-state index in [2.05, 4.69) is 88.3 Å². The SMILES string of the molecule is CCn1c(C2=C([C@H](C)OC)N=CCC2)c2c3cc(ccc31)-c1csc(n1)C[C@H](NC(=O)[C@H](C1CCCC1)N1CC[C@]3(CCN(C(=O)[C@H]4[C@@H](C5CC5)N4C)C3)C1)C(=O)N1CCC[C@H](N1)C(=O)OCC(C)(C)C2. The van der Waals surface area contributed by atoms with Gasteiger partial charge in [0.1, 0.15) is 18.1 Å². The number of ether oxygens (including phenoxy) is 2. The maximum atomic E-state index is 15.1. The first-order valence-electron chi connectivity index (χ1n) is 26.9. The van der Waals surface area contributed by atoms with Gasteiger partial charge in [-0.1, -0.05) is 32.8 Å². The molecule has 1 spiro atoms. The summed E-state index contributed by atoms with van der Waals surface area (Å²) in [6, 6.07) is 5.03. The van der Waals surface area contributed by atoms with E-state index in [1.807, 2.05) is 6.21 Å². The molecule has 16 heteroatoms. The summed E-state index contributed by atoms with van der Waals surface area (Å²) in [5.41, 5.74) is 10.2. The van der Waals surface area contributed by atoms with Crippen molar-refractivity contribution in [3.63, 3.8) is 0 Å². The fourth-order valence-corrected chi connectivity index (χ4v) is 14.4. The number of hydrogen-bond acceptors (Lipinski definition) is 12. The zero-order chi connectivity index (χ0) is 49.3. The number of nitrogens with one attached hydrogen (secondary N) is 2. The number of rotatable bonds is 10. The second-order valence-corrected chi connectivity index (χ2v) is 24.2. The van der Waals surface area contributed by atoms with Gasteiger partial charge in [-0.05, 0) is 128 Å². The predicted octanol–water partition coefficient (Wildman–Crippen LogP) is 6.62. The van der Waals surface area contributed by atoms with Crippen molar-refractivity contribution in [1.82, 2.24) is 40.0 Å². The molecule has 6 bridgehead atoms. The van der Waals surface area contributed by atoms with Crippen molar-refractivity contribution >= 4 is 57.7 Å². The molecular formula is C55H75N9O6S. The number of esters is 1.